The molecule has 2 aromatic heterocycles. The van der Waals surface area contributed by atoms with Crippen molar-refractivity contribution in [1.82, 2.24) is 20.0 Å². The van der Waals surface area contributed by atoms with Gasteiger partial charge in [-0.2, -0.15) is 23.4 Å². The van der Waals surface area contributed by atoms with Crippen molar-refractivity contribution in [2.75, 3.05) is 5.32 Å². The van der Waals surface area contributed by atoms with Crippen LogP contribution in [0.3, 0.4) is 0 Å². The minimum atomic E-state index is -4.36. The molecule has 0 radical (unpaired) electrons. The number of benzene rings is 2. The molecule has 0 bridgehead atoms. The van der Waals surface area contributed by atoms with Gasteiger partial charge in [0.05, 0.1) is 29.5 Å². The molecule has 2 heterocycles. The Morgan fingerprint density at radius 1 is 1.11 bits per heavy atom. The number of alkyl halides is 3. The van der Waals surface area contributed by atoms with Crippen molar-refractivity contribution in [1.29, 1.82) is 0 Å². The predicted octanol–water partition coefficient (Wildman–Crippen LogP) is 4.08. The van der Waals surface area contributed by atoms with Crippen LogP contribution < -0.4 is 5.32 Å². The van der Waals surface area contributed by atoms with Gasteiger partial charge in [-0.05, 0) is 23.8 Å². The first kappa shape index (κ1) is 17.8. The number of aromatic amines is 1. The number of hydrogen-bond donors (Lipinski definition) is 2. The second kappa shape index (κ2) is 6.84. The number of para-hydroxylation sites is 1. The molecule has 6 nitrogen and oxygen atoms in total. The van der Waals surface area contributed by atoms with Crippen LogP contribution in [0.5, 0.6) is 0 Å². The van der Waals surface area contributed by atoms with E-state index in [1.807, 2.05) is 18.2 Å². The lowest BCUT2D eigenvalue weighted by Gasteiger charge is -2.07. The maximum absolute atomic E-state index is 12.6. The van der Waals surface area contributed by atoms with E-state index in [-0.39, 0.29) is 18.1 Å². The summed E-state index contributed by atoms with van der Waals surface area (Å²) in [5.41, 5.74) is 1.45. The number of rotatable bonds is 4. The molecule has 0 aliphatic rings. The van der Waals surface area contributed by atoms with Crippen LogP contribution in [0.25, 0.3) is 10.9 Å². The monoisotopic (exact) mass is 385 g/mol. The lowest BCUT2D eigenvalue weighted by atomic mass is 10.1. The quantitative estimate of drug-likeness (QED) is 0.556. The third-order valence-electron chi connectivity index (χ3n) is 4.20. The summed E-state index contributed by atoms with van der Waals surface area (Å²) in [6.07, 6.45) is -1.29. The number of nitrogens with zero attached hydrogens (tertiary/aromatic N) is 3. The van der Waals surface area contributed by atoms with E-state index in [0.29, 0.717) is 16.6 Å². The number of halogens is 3. The number of H-pyrrole nitrogens is 1. The molecule has 0 saturated heterocycles. The predicted molar refractivity (Wildman–Crippen MR) is 96.8 cm³/mol. The number of fused-ring (bicyclic) bond motifs is 1. The Morgan fingerprint density at radius 2 is 1.86 bits per heavy atom. The molecular weight excluding hydrogens is 371 g/mol. The lowest BCUT2D eigenvalue weighted by molar-refractivity contribution is -0.137. The number of nitrogens with one attached hydrogen (secondary N) is 2. The Labute approximate surface area is 157 Å². The molecule has 4 aromatic rings. The van der Waals surface area contributed by atoms with Crippen molar-refractivity contribution >= 4 is 22.5 Å². The third-order valence-corrected chi connectivity index (χ3v) is 4.20. The first-order valence-electron chi connectivity index (χ1n) is 8.33. The average molecular weight is 385 g/mol. The van der Waals surface area contributed by atoms with Crippen LogP contribution in [0.1, 0.15) is 21.6 Å². The number of carbonyl (C=O) groups is 1. The van der Waals surface area contributed by atoms with E-state index in [2.05, 4.69) is 20.6 Å². The molecular formula is C19H14F3N5O. The fourth-order valence-corrected chi connectivity index (χ4v) is 2.83. The minimum absolute atomic E-state index is 0.270. The molecule has 0 spiro atoms. The van der Waals surface area contributed by atoms with Crippen LogP contribution >= 0.6 is 0 Å². The number of hydrogen-bond acceptors (Lipinski definition) is 3. The lowest BCUT2D eigenvalue weighted by Crippen LogP contribution is -2.12. The van der Waals surface area contributed by atoms with Crippen molar-refractivity contribution < 1.29 is 18.0 Å². The Bertz CT molecular complexity index is 1130. The standard InChI is InChI=1S/C19H14F3N5O/c20-19(21,22)13-7-5-12(6-8-13)10-27-11-14(9-23-27)24-18(28)17-15-3-1-2-4-16(15)25-26-17/h1-9,11H,10H2,(H,24,28)(H,25,26). The zero-order valence-corrected chi connectivity index (χ0v) is 14.4. The van der Waals surface area contributed by atoms with Crippen molar-refractivity contribution in [3.05, 3.63) is 77.7 Å². The molecule has 2 aromatic carbocycles. The van der Waals surface area contributed by atoms with Crippen molar-refractivity contribution in [3.8, 4) is 0 Å². The molecule has 4 rings (SSSR count). The van der Waals surface area contributed by atoms with Crippen LogP contribution in [0, 0.1) is 0 Å². The molecule has 142 valence electrons. The summed E-state index contributed by atoms with van der Waals surface area (Å²) in [5, 5.41) is 14.4. The van der Waals surface area contributed by atoms with Gasteiger partial charge in [0, 0.05) is 11.6 Å². The van der Waals surface area contributed by atoms with E-state index >= 15 is 0 Å². The summed E-state index contributed by atoms with van der Waals surface area (Å²) in [6, 6.07) is 12.1. The second-order valence-corrected chi connectivity index (χ2v) is 6.19. The molecule has 2 N–H and O–H groups in total. The van der Waals surface area contributed by atoms with Gasteiger partial charge in [-0.15, -0.1) is 0 Å². The van der Waals surface area contributed by atoms with Crippen molar-refractivity contribution in [2.45, 2.75) is 12.7 Å². The highest BCUT2D eigenvalue weighted by molar-refractivity contribution is 6.10. The number of carbonyl (C=O) groups excluding carboxylic acids is 1. The SMILES string of the molecule is O=C(Nc1cnn(Cc2ccc(C(F)(F)F)cc2)c1)c1n[nH]c2ccccc12. The molecule has 0 saturated carbocycles. The maximum atomic E-state index is 12.6. The molecule has 28 heavy (non-hydrogen) atoms. The first-order chi connectivity index (χ1) is 13.4. The van der Waals surface area contributed by atoms with Gasteiger partial charge in [-0.1, -0.05) is 30.3 Å². The van der Waals surface area contributed by atoms with E-state index in [9.17, 15) is 18.0 Å². The molecule has 0 unspecified atom stereocenters. The zero-order chi connectivity index (χ0) is 19.7. The number of anilines is 1. The fraction of sp³-hybridized carbons (Fsp3) is 0.105. The Kier molecular flexibility index (Phi) is 4.34. The van der Waals surface area contributed by atoms with Crippen LogP contribution in [0.4, 0.5) is 18.9 Å². The molecule has 0 aliphatic carbocycles. The van der Waals surface area contributed by atoms with Crippen molar-refractivity contribution in [3.63, 3.8) is 0 Å². The smallest absolute Gasteiger partial charge is 0.318 e. The Balaban J connectivity index is 1.45. The molecule has 9 heteroatoms. The van der Waals surface area contributed by atoms with Crippen LogP contribution in [-0.4, -0.2) is 25.9 Å². The van der Waals surface area contributed by atoms with Gasteiger partial charge in [-0.25, -0.2) is 0 Å². The Hall–Kier alpha value is -3.62. The normalized spacial score (nSPS) is 11.7. The van der Waals surface area contributed by atoms with Gasteiger partial charge in [-0.3, -0.25) is 14.6 Å². The first-order valence-corrected chi connectivity index (χ1v) is 8.33. The maximum Gasteiger partial charge on any atom is 0.416 e. The van der Waals surface area contributed by atoms with E-state index in [1.54, 1.807) is 12.3 Å². The van der Waals surface area contributed by atoms with Crippen LogP contribution in [-0.2, 0) is 12.7 Å². The highest BCUT2D eigenvalue weighted by Crippen LogP contribution is 2.29. The van der Waals surface area contributed by atoms with Gasteiger partial charge >= 0.3 is 6.18 Å². The highest BCUT2D eigenvalue weighted by atomic mass is 19.4. The van der Waals surface area contributed by atoms with E-state index < -0.39 is 11.7 Å². The zero-order valence-electron chi connectivity index (χ0n) is 14.4. The van der Waals surface area contributed by atoms with Crippen LogP contribution in [0.2, 0.25) is 0 Å². The summed E-state index contributed by atoms with van der Waals surface area (Å²) in [5.74, 6) is -0.383. The number of amides is 1. The average Bonchev–Trinajstić information content (AvgIpc) is 3.28. The fourth-order valence-electron chi connectivity index (χ4n) is 2.83. The topological polar surface area (TPSA) is 75.6 Å². The van der Waals surface area contributed by atoms with Gasteiger partial charge in [0.2, 0.25) is 0 Å². The summed E-state index contributed by atoms with van der Waals surface area (Å²) in [6.45, 7) is 0.277. The summed E-state index contributed by atoms with van der Waals surface area (Å²) in [7, 11) is 0. The molecule has 1 amide bonds. The summed E-state index contributed by atoms with van der Waals surface area (Å²) in [4.78, 5) is 12.5. The third kappa shape index (κ3) is 3.59. The summed E-state index contributed by atoms with van der Waals surface area (Å²) >= 11 is 0. The molecule has 0 atom stereocenters. The molecule has 0 fully saturated rings. The van der Waals surface area contributed by atoms with E-state index in [1.165, 1.54) is 23.0 Å². The summed E-state index contributed by atoms with van der Waals surface area (Å²) < 4.78 is 39.4. The minimum Gasteiger partial charge on any atom is -0.318 e. The van der Waals surface area contributed by atoms with Crippen LogP contribution in [0.15, 0.2) is 60.9 Å². The van der Waals surface area contributed by atoms with E-state index in [0.717, 1.165) is 17.6 Å². The second-order valence-electron chi connectivity index (χ2n) is 6.19. The van der Waals surface area contributed by atoms with E-state index in [4.69, 9.17) is 0 Å². The van der Waals surface area contributed by atoms with Gasteiger partial charge in [0.1, 0.15) is 0 Å². The molecule has 0 aliphatic heterocycles. The van der Waals surface area contributed by atoms with Gasteiger partial charge in [0.15, 0.2) is 5.69 Å². The Morgan fingerprint density at radius 3 is 2.61 bits per heavy atom. The van der Waals surface area contributed by atoms with Crippen molar-refractivity contribution in [2.24, 2.45) is 0 Å². The highest BCUT2D eigenvalue weighted by Gasteiger charge is 2.29. The van der Waals surface area contributed by atoms with Gasteiger partial charge in [0.25, 0.3) is 5.91 Å². The number of aromatic nitrogens is 4. The van der Waals surface area contributed by atoms with Gasteiger partial charge < -0.3 is 5.32 Å². The largest absolute Gasteiger partial charge is 0.416 e.